The van der Waals surface area contributed by atoms with E-state index in [1.165, 1.54) is 10.5 Å². The Morgan fingerprint density at radius 2 is 2.15 bits per heavy atom. The second kappa shape index (κ2) is 7.45. The van der Waals surface area contributed by atoms with Crippen LogP contribution in [-0.4, -0.2) is 16.2 Å². The van der Waals surface area contributed by atoms with Crippen molar-refractivity contribution in [3.63, 3.8) is 0 Å². The smallest absolute Gasteiger partial charge is 0.240 e. The van der Waals surface area contributed by atoms with Gasteiger partial charge in [0.2, 0.25) is 5.89 Å². The van der Waals surface area contributed by atoms with Crippen molar-refractivity contribution in [2.45, 2.75) is 50.4 Å². The maximum atomic E-state index is 5.24. The molecule has 0 radical (unpaired) electrons. The lowest BCUT2D eigenvalue weighted by molar-refractivity contribution is 0.355. The van der Waals surface area contributed by atoms with Crippen LogP contribution in [0.3, 0.4) is 0 Å². The Balaban J connectivity index is 1.85. The SMILES string of the molecule is CCC(C)NCc1nc(CSc2ccccc2C)no1. The summed E-state index contributed by atoms with van der Waals surface area (Å²) < 4.78 is 5.24. The summed E-state index contributed by atoms with van der Waals surface area (Å²) in [5.41, 5.74) is 1.28. The van der Waals surface area contributed by atoms with Gasteiger partial charge in [0.15, 0.2) is 5.82 Å². The summed E-state index contributed by atoms with van der Waals surface area (Å²) in [6, 6.07) is 8.79. The molecule has 0 saturated heterocycles. The molecule has 4 nitrogen and oxygen atoms in total. The molecule has 1 aromatic carbocycles. The summed E-state index contributed by atoms with van der Waals surface area (Å²) in [7, 11) is 0. The average molecular weight is 291 g/mol. The Labute approximate surface area is 124 Å². The molecule has 0 bridgehead atoms. The molecule has 0 aliphatic rings. The minimum Gasteiger partial charge on any atom is -0.338 e. The third-order valence-corrected chi connectivity index (χ3v) is 4.35. The highest BCUT2D eigenvalue weighted by molar-refractivity contribution is 7.98. The molecule has 1 heterocycles. The standard InChI is InChI=1S/C15H21N3OS/c1-4-12(3)16-9-15-17-14(18-19-15)10-20-13-8-6-5-7-11(13)2/h5-8,12,16H,4,9-10H2,1-3H3. The van der Waals surface area contributed by atoms with Gasteiger partial charge in [0.1, 0.15) is 0 Å². The van der Waals surface area contributed by atoms with E-state index < -0.39 is 0 Å². The van der Waals surface area contributed by atoms with E-state index in [0.29, 0.717) is 18.5 Å². The zero-order chi connectivity index (χ0) is 14.4. The first kappa shape index (κ1) is 15.1. The van der Waals surface area contributed by atoms with Crippen LogP contribution in [0.4, 0.5) is 0 Å². The molecule has 1 N–H and O–H groups in total. The number of aromatic nitrogens is 2. The van der Waals surface area contributed by atoms with Gasteiger partial charge in [-0.15, -0.1) is 11.8 Å². The van der Waals surface area contributed by atoms with E-state index in [0.717, 1.165) is 18.0 Å². The second-order valence-corrected chi connectivity index (χ2v) is 5.87. The van der Waals surface area contributed by atoms with E-state index in [9.17, 15) is 0 Å². The number of benzene rings is 1. The van der Waals surface area contributed by atoms with Gasteiger partial charge in [0.05, 0.1) is 12.3 Å². The fraction of sp³-hybridized carbons (Fsp3) is 0.467. The Morgan fingerprint density at radius 1 is 1.35 bits per heavy atom. The topological polar surface area (TPSA) is 51.0 Å². The minimum atomic E-state index is 0.465. The van der Waals surface area contributed by atoms with Crippen molar-refractivity contribution in [3.05, 3.63) is 41.5 Å². The molecule has 1 atom stereocenters. The number of hydrogen-bond donors (Lipinski definition) is 1. The number of rotatable bonds is 7. The zero-order valence-electron chi connectivity index (χ0n) is 12.2. The summed E-state index contributed by atoms with van der Waals surface area (Å²) >= 11 is 1.74. The van der Waals surface area contributed by atoms with Crippen LogP contribution in [0.15, 0.2) is 33.7 Å². The molecule has 2 rings (SSSR count). The van der Waals surface area contributed by atoms with Crippen LogP contribution in [0.2, 0.25) is 0 Å². The first-order valence-corrected chi connectivity index (χ1v) is 7.91. The maximum absolute atomic E-state index is 5.24. The maximum Gasteiger partial charge on any atom is 0.240 e. The Hall–Kier alpha value is -1.33. The van der Waals surface area contributed by atoms with Crippen molar-refractivity contribution in [1.82, 2.24) is 15.5 Å². The van der Waals surface area contributed by atoms with Crippen molar-refractivity contribution in [3.8, 4) is 0 Å². The van der Waals surface area contributed by atoms with Gasteiger partial charge in [-0.3, -0.25) is 0 Å². The molecule has 0 aliphatic carbocycles. The molecule has 108 valence electrons. The monoisotopic (exact) mass is 291 g/mol. The summed E-state index contributed by atoms with van der Waals surface area (Å²) in [5, 5.41) is 7.36. The van der Waals surface area contributed by atoms with Gasteiger partial charge in [0.25, 0.3) is 0 Å². The third kappa shape index (κ3) is 4.35. The van der Waals surface area contributed by atoms with Crippen LogP contribution in [0, 0.1) is 6.92 Å². The molecule has 0 spiro atoms. The molecule has 0 amide bonds. The van der Waals surface area contributed by atoms with E-state index in [-0.39, 0.29) is 0 Å². The normalized spacial score (nSPS) is 12.6. The Bertz CT molecular complexity index is 541. The molecule has 1 aromatic heterocycles. The van der Waals surface area contributed by atoms with Gasteiger partial charge in [-0.2, -0.15) is 4.98 Å². The predicted molar refractivity (Wildman–Crippen MR) is 81.6 cm³/mol. The molecular formula is C15H21N3OS. The fourth-order valence-corrected chi connectivity index (χ4v) is 2.56. The zero-order valence-corrected chi connectivity index (χ0v) is 13.0. The van der Waals surface area contributed by atoms with E-state index >= 15 is 0 Å². The van der Waals surface area contributed by atoms with Gasteiger partial charge in [-0.05, 0) is 31.9 Å². The number of thioether (sulfide) groups is 1. The van der Waals surface area contributed by atoms with Crippen LogP contribution in [-0.2, 0) is 12.3 Å². The van der Waals surface area contributed by atoms with Gasteiger partial charge in [-0.1, -0.05) is 30.3 Å². The number of nitrogens with zero attached hydrogens (tertiary/aromatic N) is 2. The lowest BCUT2D eigenvalue weighted by Gasteiger charge is -2.07. The van der Waals surface area contributed by atoms with Gasteiger partial charge < -0.3 is 9.84 Å². The molecule has 5 heteroatoms. The first-order chi connectivity index (χ1) is 9.69. The predicted octanol–water partition coefficient (Wildman–Crippen LogP) is 3.56. The molecule has 20 heavy (non-hydrogen) atoms. The van der Waals surface area contributed by atoms with E-state index in [4.69, 9.17) is 4.52 Å². The van der Waals surface area contributed by atoms with Crippen LogP contribution in [0.5, 0.6) is 0 Å². The Kier molecular flexibility index (Phi) is 5.61. The summed E-state index contributed by atoms with van der Waals surface area (Å²) in [6.45, 7) is 7.04. The number of hydrogen-bond acceptors (Lipinski definition) is 5. The molecular weight excluding hydrogens is 270 g/mol. The number of nitrogens with one attached hydrogen (secondary N) is 1. The van der Waals surface area contributed by atoms with E-state index in [2.05, 4.69) is 48.4 Å². The van der Waals surface area contributed by atoms with Crippen molar-refractivity contribution in [2.24, 2.45) is 0 Å². The summed E-state index contributed by atoms with van der Waals surface area (Å²) in [4.78, 5) is 5.66. The van der Waals surface area contributed by atoms with Crippen LogP contribution in [0.25, 0.3) is 0 Å². The van der Waals surface area contributed by atoms with Crippen molar-refractivity contribution >= 4 is 11.8 Å². The minimum absolute atomic E-state index is 0.465. The van der Waals surface area contributed by atoms with Crippen molar-refractivity contribution < 1.29 is 4.52 Å². The number of aryl methyl sites for hydroxylation is 1. The lowest BCUT2D eigenvalue weighted by atomic mass is 10.2. The molecule has 0 saturated carbocycles. The first-order valence-electron chi connectivity index (χ1n) is 6.92. The van der Waals surface area contributed by atoms with E-state index in [1.807, 2.05) is 12.1 Å². The highest BCUT2D eigenvalue weighted by Crippen LogP contribution is 2.24. The third-order valence-electron chi connectivity index (χ3n) is 3.17. The summed E-state index contributed by atoms with van der Waals surface area (Å²) in [5.74, 6) is 2.14. The van der Waals surface area contributed by atoms with Gasteiger partial charge in [-0.25, -0.2) is 0 Å². The molecule has 2 aromatic rings. The van der Waals surface area contributed by atoms with Crippen LogP contribution in [0.1, 0.15) is 37.5 Å². The lowest BCUT2D eigenvalue weighted by Crippen LogP contribution is -2.24. The van der Waals surface area contributed by atoms with Gasteiger partial charge in [0, 0.05) is 10.9 Å². The average Bonchev–Trinajstić information content (AvgIpc) is 2.92. The second-order valence-electron chi connectivity index (χ2n) is 4.85. The molecule has 0 fully saturated rings. The summed E-state index contributed by atoms with van der Waals surface area (Å²) in [6.07, 6.45) is 1.09. The fourth-order valence-electron chi connectivity index (χ4n) is 1.69. The Morgan fingerprint density at radius 3 is 2.90 bits per heavy atom. The van der Waals surface area contributed by atoms with Crippen LogP contribution < -0.4 is 5.32 Å². The van der Waals surface area contributed by atoms with Crippen molar-refractivity contribution in [1.29, 1.82) is 0 Å². The quantitative estimate of drug-likeness (QED) is 0.790. The van der Waals surface area contributed by atoms with Gasteiger partial charge >= 0.3 is 0 Å². The van der Waals surface area contributed by atoms with E-state index in [1.54, 1.807) is 11.8 Å². The molecule has 0 aliphatic heterocycles. The highest BCUT2D eigenvalue weighted by atomic mass is 32.2. The van der Waals surface area contributed by atoms with Crippen LogP contribution >= 0.6 is 11.8 Å². The highest BCUT2D eigenvalue weighted by Gasteiger charge is 2.08. The largest absolute Gasteiger partial charge is 0.338 e. The van der Waals surface area contributed by atoms with Crippen molar-refractivity contribution in [2.75, 3.05) is 0 Å². The molecule has 1 unspecified atom stereocenters.